The van der Waals surface area contributed by atoms with Crippen LogP contribution in [0.1, 0.15) is 0 Å². The molecule has 0 N–H and O–H groups in total. The van der Waals surface area contributed by atoms with Crippen LogP contribution < -0.4 is 37.7 Å². The molecule has 0 radical (unpaired) electrons. The van der Waals surface area contributed by atoms with E-state index in [0.717, 1.165) is 0 Å². The third-order valence-electron chi connectivity index (χ3n) is 0.111. The van der Waals surface area contributed by atoms with Gasteiger partial charge in [0.2, 0.25) is 0 Å². The van der Waals surface area contributed by atoms with Crippen LogP contribution in [0.25, 0.3) is 0 Å². The number of hydrogen-bond donors (Lipinski definition) is 0. The molecule has 0 amide bonds. The van der Waals surface area contributed by atoms with Gasteiger partial charge in [-0.05, 0) is 0 Å². The van der Waals surface area contributed by atoms with Gasteiger partial charge in [-0.15, -0.1) is 0 Å². The zero-order valence-electron chi connectivity index (χ0n) is 4.45. The largest absolute Gasteiger partial charge is 1.00 e. The van der Waals surface area contributed by atoms with Crippen molar-refractivity contribution < 1.29 is 55.2 Å². The van der Waals surface area contributed by atoms with Gasteiger partial charge in [0.05, 0.1) is 0 Å². The first-order valence-corrected chi connectivity index (χ1v) is 3.50. The zero-order valence-corrected chi connectivity index (χ0v) is 6.08. The van der Waals surface area contributed by atoms with E-state index in [2.05, 4.69) is 0 Å². The molecule has 0 aromatic carbocycles. The van der Waals surface area contributed by atoms with Crippen molar-refractivity contribution in [1.29, 1.82) is 0 Å². The van der Waals surface area contributed by atoms with E-state index in [9.17, 15) is 0 Å². The molecule has 0 spiro atoms. The summed E-state index contributed by atoms with van der Waals surface area (Å²) in [4.78, 5) is 0. The van der Waals surface area contributed by atoms with E-state index in [1.54, 1.807) is 0 Å². The topological polar surface area (TPSA) is 80.3 Å². The third-order valence-corrected chi connectivity index (χ3v) is 1.00. The Morgan fingerprint density at radius 2 is 1.00 bits per heavy atom. The quantitative estimate of drug-likeness (QED) is 0.207. The van der Waals surface area contributed by atoms with Crippen LogP contribution in [0.2, 0.25) is 0 Å². The summed E-state index contributed by atoms with van der Waals surface area (Å²) in [6, 6.07) is 0. The van der Waals surface area contributed by atoms with Crippen molar-refractivity contribution in [3.63, 3.8) is 0 Å². The smallest absolute Gasteiger partial charge is 0.763 e. The summed E-state index contributed by atoms with van der Waals surface area (Å²) in [5.74, 6) is 0. The van der Waals surface area contributed by atoms with E-state index >= 15 is 0 Å². The summed E-state index contributed by atoms with van der Waals surface area (Å²) in [6.07, 6.45) is 0. The normalized spacial score (nSPS) is 14.8. The minimum Gasteiger partial charge on any atom is -0.763 e. The van der Waals surface area contributed by atoms with E-state index < -0.39 is 20.2 Å². The van der Waals surface area contributed by atoms with Gasteiger partial charge in [-0.1, -0.05) is 0 Å². The molecular formula is Li2O4S2. The Labute approximate surface area is 75.1 Å². The van der Waals surface area contributed by atoms with E-state index in [1.807, 2.05) is 0 Å². The Morgan fingerprint density at radius 1 is 0.875 bits per heavy atom. The second-order valence-electron chi connectivity index (χ2n) is 0.408. The molecular weight excluding hydrogens is 142 g/mol. The van der Waals surface area contributed by atoms with Crippen LogP contribution in [0.5, 0.6) is 0 Å². The molecule has 2 unspecified atom stereocenters. The molecule has 0 aromatic rings. The van der Waals surface area contributed by atoms with Crippen LogP contribution in [0.3, 0.4) is 0 Å². The maximum Gasteiger partial charge on any atom is 1.00 e. The molecule has 0 aliphatic carbocycles. The van der Waals surface area contributed by atoms with Crippen molar-refractivity contribution in [2.75, 3.05) is 0 Å². The molecule has 0 bridgehead atoms. The Morgan fingerprint density at radius 3 is 1.00 bits per heavy atom. The predicted molar refractivity (Wildman–Crippen MR) is 17.8 cm³/mol. The van der Waals surface area contributed by atoms with Gasteiger partial charge >= 0.3 is 37.7 Å². The molecule has 4 nitrogen and oxygen atoms in total. The average molecular weight is 142 g/mol. The van der Waals surface area contributed by atoms with Crippen molar-refractivity contribution in [1.82, 2.24) is 0 Å². The van der Waals surface area contributed by atoms with Gasteiger partial charge in [0.1, 0.15) is 0 Å². The maximum atomic E-state index is 9.09. The molecule has 38 valence electrons. The number of rotatable bonds is 1. The van der Waals surface area contributed by atoms with Gasteiger partial charge in [-0.25, -0.2) is 0 Å². The second-order valence-corrected chi connectivity index (χ2v) is 2.86. The van der Waals surface area contributed by atoms with Gasteiger partial charge in [0, 0.05) is 20.2 Å². The van der Waals surface area contributed by atoms with E-state index in [4.69, 9.17) is 17.5 Å². The monoisotopic (exact) mass is 142 g/mol. The Bertz CT molecular complexity index is 78.0. The summed E-state index contributed by atoms with van der Waals surface area (Å²) in [5.41, 5.74) is 0. The van der Waals surface area contributed by atoms with Crippen molar-refractivity contribution >= 4 is 20.2 Å². The van der Waals surface area contributed by atoms with Crippen LogP contribution in [-0.2, 0) is 20.2 Å². The molecule has 8 heteroatoms. The minimum absolute atomic E-state index is 0. The van der Waals surface area contributed by atoms with Gasteiger partial charge in [0.25, 0.3) is 0 Å². The van der Waals surface area contributed by atoms with Crippen molar-refractivity contribution in [3.05, 3.63) is 0 Å². The molecule has 0 fully saturated rings. The SMILES string of the molecule is O=S([O-])S(=O)[O-].[Li+].[Li+]. The first-order chi connectivity index (χ1) is 2.64. The summed E-state index contributed by atoms with van der Waals surface area (Å²) in [5, 5.41) is 0. The standard InChI is InChI=1S/2Li.H2O4S2/c;;1-5(2)6(3)4/h;;(H,1,2)(H,3,4)/q2*+1;/p-2. The van der Waals surface area contributed by atoms with Crippen LogP contribution in [-0.4, -0.2) is 17.5 Å². The molecule has 0 aromatic heterocycles. The molecule has 0 saturated heterocycles. The summed E-state index contributed by atoms with van der Waals surface area (Å²) < 4.78 is 36.3. The molecule has 2 atom stereocenters. The first-order valence-electron chi connectivity index (χ1n) is 0.833. The molecule has 0 heterocycles. The average Bonchev–Trinajstić information content (AvgIpc) is 1.36. The van der Waals surface area contributed by atoms with E-state index in [0.29, 0.717) is 0 Å². The molecule has 0 rings (SSSR count). The summed E-state index contributed by atoms with van der Waals surface area (Å²) in [6.45, 7) is 0. The Kier molecular flexibility index (Phi) is 17.0. The Hall–Kier alpha value is 1.41. The van der Waals surface area contributed by atoms with Gasteiger partial charge in [-0.2, -0.15) is 0 Å². The zero-order chi connectivity index (χ0) is 5.15. The van der Waals surface area contributed by atoms with Gasteiger partial charge in [0.15, 0.2) is 0 Å². The van der Waals surface area contributed by atoms with Crippen LogP contribution in [0.4, 0.5) is 0 Å². The fraction of sp³-hybridized carbons (Fsp3) is 0. The number of hydrogen-bond acceptors (Lipinski definition) is 4. The fourth-order valence-electron chi connectivity index (χ4n) is 0. The van der Waals surface area contributed by atoms with Crippen molar-refractivity contribution in [2.24, 2.45) is 0 Å². The second kappa shape index (κ2) is 8.41. The molecule has 0 aliphatic rings. The van der Waals surface area contributed by atoms with Gasteiger partial charge in [-0.3, -0.25) is 8.42 Å². The first kappa shape index (κ1) is 16.2. The van der Waals surface area contributed by atoms with Crippen LogP contribution >= 0.6 is 0 Å². The van der Waals surface area contributed by atoms with E-state index in [-0.39, 0.29) is 37.7 Å². The van der Waals surface area contributed by atoms with Gasteiger partial charge < -0.3 is 9.11 Å². The summed E-state index contributed by atoms with van der Waals surface area (Å²) in [7, 11) is -5.90. The molecule has 8 heavy (non-hydrogen) atoms. The van der Waals surface area contributed by atoms with Crippen LogP contribution in [0, 0.1) is 0 Å². The minimum atomic E-state index is -2.95. The van der Waals surface area contributed by atoms with Crippen molar-refractivity contribution in [2.45, 2.75) is 0 Å². The van der Waals surface area contributed by atoms with E-state index in [1.165, 1.54) is 0 Å². The third kappa shape index (κ3) is 10.4. The maximum absolute atomic E-state index is 9.09. The predicted octanol–water partition coefficient (Wildman–Crippen LogP) is -7.33. The van der Waals surface area contributed by atoms with Crippen LogP contribution in [0.15, 0.2) is 0 Å². The Balaban J connectivity index is -0.000000125. The molecule has 0 saturated carbocycles. The van der Waals surface area contributed by atoms with Crippen molar-refractivity contribution in [3.8, 4) is 0 Å². The summed E-state index contributed by atoms with van der Waals surface area (Å²) >= 11 is 0. The molecule has 0 aliphatic heterocycles. The fourth-order valence-corrected chi connectivity index (χ4v) is 0.